The van der Waals surface area contributed by atoms with Gasteiger partial charge in [0.15, 0.2) is 0 Å². The molecule has 0 aliphatic rings. The van der Waals surface area contributed by atoms with Crippen LogP contribution in [0.5, 0.6) is 0 Å². The Labute approximate surface area is 114 Å². The Balaban J connectivity index is 2.19. The molecule has 0 bridgehead atoms. The molecule has 2 rings (SSSR count). The first-order valence-corrected chi connectivity index (χ1v) is 6.44. The molecule has 2 N–H and O–H groups in total. The topological polar surface area (TPSA) is 53.1 Å². The fourth-order valence-corrected chi connectivity index (χ4v) is 1.92. The van der Waals surface area contributed by atoms with Gasteiger partial charge in [0.1, 0.15) is 5.82 Å². The number of rotatable bonds is 5. The van der Waals surface area contributed by atoms with Gasteiger partial charge in [-0.1, -0.05) is 12.1 Å². The first kappa shape index (κ1) is 13.6. The van der Waals surface area contributed by atoms with Gasteiger partial charge in [0, 0.05) is 37.3 Å². The summed E-state index contributed by atoms with van der Waals surface area (Å²) in [4.78, 5) is 4.42. The van der Waals surface area contributed by atoms with E-state index in [4.69, 9.17) is 10.5 Å². The van der Waals surface area contributed by atoms with Crippen LogP contribution in [0.1, 0.15) is 20.3 Å². The van der Waals surface area contributed by atoms with Crippen LogP contribution in [0.15, 0.2) is 36.7 Å². The molecule has 0 fully saturated rings. The number of anilines is 1. The number of benzene rings is 1. The highest BCUT2D eigenvalue weighted by Gasteiger charge is 2.17. The minimum absolute atomic E-state index is 0.128. The zero-order valence-electron chi connectivity index (χ0n) is 11.8. The average Bonchev–Trinajstić information content (AvgIpc) is 2.85. The second kappa shape index (κ2) is 5.45. The minimum Gasteiger partial charge on any atom is -0.399 e. The highest BCUT2D eigenvalue weighted by atomic mass is 16.5. The van der Waals surface area contributed by atoms with Crippen LogP contribution in [0.25, 0.3) is 11.4 Å². The molecule has 4 nitrogen and oxygen atoms in total. The Morgan fingerprint density at radius 2 is 2.16 bits per heavy atom. The summed E-state index contributed by atoms with van der Waals surface area (Å²) in [6.45, 7) is 5.04. The molecular weight excluding hydrogens is 238 g/mol. The van der Waals surface area contributed by atoms with E-state index < -0.39 is 0 Å². The molecule has 0 saturated carbocycles. The molecule has 1 aromatic heterocycles. The number of aryl methyl sites for hydroxylation is 1. The average molecular weight is 259 g/mol. The standard InChI is InChI=1S/C15H21N3O/c1-15(2,19-3)7-9-18-10-8-17-14(18)12-5-4-6-13(16)11-12/h4-6,8,10-11H,7,9,16H2,1-3H3. The lowest BCUT2D eigenvalue weighted by molar-refractivity contribution is 0.0121. The third-order valence-electron chi connectivity index (χ3n) is 3.37. The predicted octanol–water partition coefficient (Wildman–Crippen LogP) is 2.95. The number of imidazole rings is 1. The Bertz CT molecular complexity index is 546. The highest BCUT2D eigenvalue weighted by molar-refractivity contribution is 5.61. The van der Waals surface area contributed by atoms with Gasteiger partial charge in [-0.2, -0.15) is 0 Å². The van der Waals surface area contributed by atoms with Crippen LogP contribution in [-0.2, 0) is 11.3 Å². The summed E-state index contributed by atoms with van der Waals surface area (Å²) in [6, 6.07) is 7.80. The maximum atomic E-state index is 5.82. The molecule has 2 aromatic rings. The Kier molecular flexibility index (Phi) is 3.90. The molecule has 0 amide bonds. The second-order valence-corrected chi connectivity index (χ2v) is 5.28. The van der Waals surface area contributed by atoms with E-state index in [-0.39, 0.29) is 5.60 Å². The predicted molar refractivity (Wildman–Crippen MR) is 77.8 cm³/mol. The summed E-state index contributed by atoms with van der Waals surface area (Å²) in [5.74, 6) is 0.944. The lowest BCUT2D eigenvalue weighted by atomic mass is 10.1. The molecule has 102 valence electrons. The van der Waals surface area contributed by atoms with Gasteiger partial charge in [0.25, 0.3) is 0 Å². The third kappa shape index (κ3) is 3.35. The van der Waals surface area contributed by atoms with Gasteiger partial charge < -0.3 is 15.0 Å². The number of nitrogens with zero attached hydrogens (tertiary/aromatic N) is 2. The molecule has 0 aliphatic heterocycles. The van der Waals surface area contributed by atoms with Gasteiger partial charge in [-0.15, -0.1) is 0 Å². The van der Waals surface area contributed by atoms with E-state index in [0.29, 0.717) is 0 Å². The van der Waals surface area contributed by atoms with E-state index >= 15 is 0 Å². The van der Waals surface area contributed by atoms with E-state index in [1.165, 1.54) is 0 Å². The van der Waals surface area contributed by atoms with Gasteiger partial charge in [-0.3, -0.25) is 0 Å². The molecule has 0 radical (unpaired) electrons. The summed E-state index contributed by atoms with van der Waals surface area (Å²) in [7, 11) is 1.74. The van der Waals surface area contributed by atoms with E-state index in [9.17, 15) is 0 Å². The van der Waals surface area contributed by atoms with Crippen LogP contribution >= 0.6 is 0 Å². The van der Waals surface area contributed by atoms with Gasteiger partial charge in [0.2, 0.25) is 0 Å². The summed E-state index contributed by atoms with van der Waals surface area (Å²) < 4.78 is 7.58. The molecule has 0 spiro atoms. The highest BCUT2D eigenvalue weighted by Crippen LogP contribution is 2.22. The van der Waals surface area contributed by atoms with E-state index in [1.807, 2.05) is 36.7 Å². The van der Waals surface area contributed by atoms with Crippen LogP contribution in [-0.4, -0.2) is 22.3 Å². The molecule has 4 heteroatoms. The molecule has 0 saturated heterocycles. The summed E-state index contributed by atoms with van der Waals surface area (Å²) in [6.07, 6.45) is 4.73. The number of aromatic nitrogens is 2. The summed E-state index contributed by atoms with van der Waals surface area (Å²) >= 11 is 0. The smallest absolute Gasteiger partial charge is 0.139 e. The van der Waals surface area contributed by atoms with Crippen molar-refractivity contribution in [2.45, 2.75) is 32.4 Å². The van der Waals surface area contributed by atoms with Crippen molar-refractivity contribution in [1.29, 1.82) is 0 Å². The zero-order chi connectivity index (χ0) is 13.9. The maximum absolute atomic E-state index is 5.82. The summed E-state index contributed by atoms with van der Waals surface area (Å²) in [5.41, 5.74) is 7.49. The first-order valence-electron chi connectivity index (χ1n) is 6.44. The largest absolute Gasteiger partial charge is 0.399 e. The monoisotopic (exact) mass is 259 g/mol. The quantitative estimate of drug-likeness (QED) is 0.840. The van der Waals surface area contributed by atoms with Gasteiger partial charge in [-0.25, -0.2) is 4.98 Å². The van der Waals surface area contributed by atoms with E-state index in [2.05, 4.69) is 23.4 Å². The second-order valence-electron chi connectivity index (χ2n) is 5.28. The Morgan fingerprint density at radius 3 is 2.84 bits per heavy atom. The number of ether oxygens (including phenoxy) is 1. The van der Waals surface area contributed by atoms with Crippen LogP contribution < -0.4 is 5.73 Å². The van der Waals surface area contributed by atoms with Crippen LogP contribution in [0, 0.1) is 0 Å². The normalized spacial score (nSPS) is 11.7. The van der Waals surface area contributed by atoms with Crippen molar-refractivity contribution in [1.82, 2.24) is 9.55 Å². The molecule has 0 unspecified atom stereocenters. The van der Waals surface area contributed by atoms with Crippen molar-refractivity contribution >= 4 is 5.69 Å². The molecule has 1 heterocycles. The summed E-state index contributed by atoms with van der Waals surface area (Å²) in [5, 5.41) is 0. The van der Waals surface area contributed by atoms with Crippen molar-refractivity contribution in [3.63, 3.8) is 0 Å². The number of nitrogens with two attached hydrogens (primary N) is 1. The van der Waals surface area contributed by atoms with Crippen LogP contribution in [0.2, 0.25) is 0 Å². The molecular formula is C15H21N3O. The molecule has 1 aromatic carbocycles. The minimum atomic E-state index is -0.128. The van der Waals surface area contributed by atoms with Crippen molar-refractivity contribution in [3.05, 3.63) is 36.7 Å². The number of hydrogen-bond acceptors (Lipinski definition) is 3. The van der Waals surface area contributed by atoms with Crippen molar-refractivity contribution in [2.75, 3.05) is 12.8 Å². The van der Waals surface area contributed by atoms with Crippen molar-refractivity contribution in [2.24, 2.45) is 0 Å². The lowest BCUT2D eigenvalue weighted by Gasteiger charge is -2.23. The zero-order valence-corrected chi connectivity index (χ0v) is 11.8. The SMILES string of the molecule is COC(C)(C)CCn1ccnc1-c1cccc(N)c1. The van der Waals surface area contributed by atoms with Gasteiger partial charge >= 0.3 is 0 Å². The molecule has 19 heavy (non-hydrogen) atoms. The fourth-order valence-electron chi connectivity index (χ4n) is 1.92. The van der Waals surface area contributed by atoms with E-state index in [1.54, 1.807) is 7.11 Å². The number of nitrogen functional groups attached to an aromatic ring is 1. The van der Waals surface area contributed by atoms with E-state index in [0.717, 1.165) is 30.0 Å². The third-order valence-corrected chi connectivity index (χ3v) is 3.37. The Hall–Kier alpha value is -1.81. The molecule has 0 atom stereocenters. The van der Waals surface area contributed by atoms with Crippen LogP contribution in [0.4, 0.5) is 5.69 Å². The van der Waals surface area contributed by atoms with Crippen molar-refractivity contribution in [3.8, 4) is 11.4 Å². The molecule has 0 aliphatic carbocycles. The number of hydrogen-bond donors (Lipinski definition) is 1. The van der Waals surface area contributed by atoms with Gasteiger partial charge in [0.05, 0.1) is 5.60 Å². The van der Waals surface area contributed by atoms with Crippen LogP contribution in [0.3, 0.4) is 0 Å². The lowest BCUT2D eigenvalue weighted by Crippen LogP contribution is -2.24. The first-order chi connectivity index (χ1) is 9.02. The number of methoxy groups -OCH3 is 1. The van der Waals surface area contributed by atoms with Crippen molar-refractivity contribution < 1.29 is 4.74 Å². The maximum Gasteiger partial charge on any atom is 0.139 e. The Morgan fingerprint density at radius 1 is 1.37 bits per heavy atom. The fraction of sp³-hybridized carbons (Fsp3) is 0.400. The van der Waals surface area contributed by atoms with Gasteiger partial charge in [-0.05, 0) is 32.4 Å².